The summed E-state index contributed by atoms with van der Waals surface area (Å²) in [6.45, 7) is 0.712. The van der Waals surface area contributed by atoms with Crippen LogP contribution in [0.25, 0.3) is 27.5 Å². The second kappa shape index (κ2) is 15.1. The summed E-state index contributed by atoms with van der Waals surface area (Å²) in [6, 6.07) is 9.29. The number of benzene rings is 3. The SMILES string of the molecule is CN1CCC(c2ccc3c(=O)n(-c4ccc(Cl)c5c(NS(C)(=O)=O)nn(C)c45)c([C@H](Cc4cc(F)cc(F)c4)NC(=O)Cn4nc(C(F)F)c5c4C(F)(F)[C@@H]4C[C@H]54)nc3c2)CC1. The van der Waals surface area contributed by atoms with E-state index in [1.807, 2.05) is 13.1 Å². The Balaban J connectivity index is 1.24. The Morgan fingerprint density at radius 1 is 1.02 bits per heavy atom. The number of alkyl halides is 4. The molecule has 1 saturated carbocycles. The molecule has 1 saturated heterocycles. The fourth-order valence-electron chi connectivity index (χ4n) is 9.19. The molecule has 0 radical (unpaired) electrons. The van der Waals surface area contributed by atoms with Crippen molar-refractivity contribution in [3.8, 4) is 5.69 Å². The minimum absolute atomic E-state index is 0.00165. The normalized spacial score (nSPS) is 19.3. The maximum atomic E-state index is 15.5. The molecular formula is C41H38ClF6N9O4S. The molecule has 0 spiro atoms. The minimum atomic E-state index is -3.89. The Kier molecular flexibility index (Phi) is 10.2. The molecule has 2 aliphatic carbocycles. The summed E-state index contributed by atoms with van der Waals surface area (Å²) in [4.78, 5) is 36.4. The molecule has 3 atom stereocenters. The molecule has 4 heterocycles. The van der Waals surface area contributed by atoms with Gasteiger partial charge in [-0.25, -0.2) is 31.0 Å². The molecular weight excluding hydrogens is 864 g/mol. The average molecular weight is 902 g/mol. The largest absolute Gasteiger partial charge is 0.344 e. The van der Waals surface area contributed by atoms with Gasteiger partial charge in [0.15, 0.2) is 5.82 Å². The summed E-state index contributed by atoms with van der Waals surface area (Å²) in [5.74, 6) is -8.68. The highest BCUT2D eigenvalue weighted by atomic mass is 35.5. The molecule has 13 nitrogen and oxygen atoms in total. The van der Waals surface area contributed by atoms with Gasteiger partial charge in [-0.2, -0.15) is 19.0 Å². The molecule has 1 amide bonds. The number of piperidine rings is 1. The van der Waals surface area contributed by atoms with E-state index in [0.29, 0.717) is 10.7 Å². The van der Waals surface area contributed by atoms with Crippen LogP contribution >= 0.6 is 11.6 Å². The first-order valence-corrected chi connectivity index (χ1v) is 22.0. The maximum Gasteiger partial charge on any atom is 0.293 e. The molecule has 62 heavy (non-hydrogen) atoms. The number of aryl methyl sites for hydroxylation is 1. The number of nitrogens with zero attached hydrogens (tertiary/aromatic N) is 7. The smallest absolute Gasteiger partial charge is 0.293 e. The van der Waals surface area contributed by atoms with Gasteiger partial charge in [0.2, 0.25) is 15.9 Å². The third kappa shape index (κ3) is 7.38. The molecule has 3 aromatic carbocycles. The molecule has 9 rings (SSSR count). The molecule has 3 aliphatic rings. The summed E-state index contributed by atoms with van der Waals surface area (Å²) in [6.07, 6.45) is -1.03. The van der Waals surface area contributed by atoms with Crippen molar-refractivity contribution in [1.29, 1.82) is 0 Å². The zero-order chi connectivity index (χ0) is 44.2. The van der Waals surface area contributed by atoms with Gasteiger partial charge in [0.05, 0.1) is 44.8 Å². The molecule has 21 heteroatoms. The lowest BCUT2D eigenvalue weighted by molar-refractivity contribution is -0.123. The highest BCUT2D eigenvalue weighted by molar-refractivity contribution is 7.92. The van der Waals surface area contributed by atoms with Gasteiger partial charge in [-0.1, -0.05) is 17.7 Å². The molecule has 2 fully saturated rings. The number of carbonyl (C=O) groups excluding carboxylic acids is 1. The number of nitrogens with one attached hydrogen (secondary N) is 2. The predicted octanol–water partition coefficient (Wildman–Crippen LogP) is 6.83. The molecule has 326 valence electrons. The summed E-state index contributed by atoms with van der Waals surface area (Å²) < 4.78 is 119. The first-order valence-electron chi connectivity index (χ1n) is 19.7. The van der Waals surface area contributed by atoms with Gasteiger partial charge in [0.1, 0.15) is 35.4 Å². The van der Waals surface area contributed by atoms with Crippen LogP contribution in [0.5, 0.6) is 0 Å². The number of carbonyl (C=O) groups is 1. The van der Waals surface area contributed by atoms with Crippen LogP contribution in [0.3, 0.4) is 0 Å². The van der Waals surface area contributed by atoms with Crippen molar-refractivity contribution in [2.24, 2.45) is 13.0 Å². The highest BCUT2D eigenvalue weighted by Crippen LogP contribution is 2.68. The van der Waals surface area contributed by atoms with E-state index in [9.17, 15) is 30.8 Å². The van der Waals surface area contributed by atoms with Crippen LogP contribution in [-0.2, 0) is 40.8 Å². The first-order chi connectivity index (χ1) is 29.3. The number of aromatic nitrogens is 6. The van der Waals surface area contributed by atoms with Crippen LogP contribution in [0.4, 0.5) is 32.2 Å². The number of anilines is 1. The molecule has 0 bridgehead atoms. The van der Waals surface area contributed by atoms with Crippen molar-refractivity contribution in [2.75, 3.05) is 31.1 Å². The van der Waals surface area contributed by atoms with E-state index in [4.69, 9.17) is 16.6 Å². The van der Waals surface area contributed by atoms with Gasteiger partial charge in [0, 0.05) is 31.0 Å². The second-order valence-corrected chi connectivity index (χ2v) is 18.5. The fourth-order valence-corrected chi connectivity index (χ4v) is 9.93. The van der Waals surface area contributed by atoms with Crippen LogP contribution in [0.2, 0.25) is 5.02 Å². The first kappa shape index (κ1) is 41.9. The van der Waals surface area contributed by atoms with E-state index in [0.717, 1.165) is 54.5 Å². The number of fused-ring (bicyclic) bond motifs is 5. The van der Waals surface area contributed by atoms with Gasteiger partial charge >= 0.3 is 0 Å². The number of amides is 1. The zero-order valence-electron chi connectivity index (χ0n) is 33.3. The molecule has 1 aliphatic heterocycles. The van der Waals surface area contributed by atoms with Crippen molar-refractivity contribution in [2.45, 2.75) is 62.5 Å². The standard InChI is InChI=1S/C41H38ClF6N9O4S/c1-54-10-8-20(9-11-54)21-4-5-24-28(15-21)50-39(57(40(24)59)30-7-6-27(42)33-35(30)55(2)52-38(33)53-62(3,60)61)29(14-19-12-22(43)16-23(44)13-19)49-31(58)18-56-36-32(34(51-56)37(45)46)25-17-26(25)41(36,47)48/h4-7,12-13,15-16,20,25-26,29,37H,8-11,14,17-18H2,1-3H3,(H,49,58)(H,52,53)/t25-,26+,29-/m0/s1. The summed E-state index contributed by atoms with van der Waals surface area (Å²) in [5, 5.41) is 11.1. The van der Waals surface area contributed by atoms with Gasteiger partial charge in [-0.15, -0.1) is 0 Å². The highest BCUT2D eigenvalue weighted by Gasteiger charge is 2.67. The van der Waals surface area contributed by atoms with Crippen LogP contribution in [-0.4, -0.2) is 74.7 Å². The van der Waals surface area contributed by atoms with E-state index in [-0.39, 0.29) is 67.6 Å². The number of halogens is 7. The van der Waals surface area contributed by atoms with Gasteiger partial charge in [0.25, 0.3) is 17.9 Å². The maximum absolute atomic E-state index is 15.5. The van der Waals surface area contributed by atoms with E-state index in [1.165, 1.54) is 23.9 Å². The van der Waals surface area contributed by atoms with E-state index < -0.39 is 87.7 Å². The van der Waals surface area contributed by atoms with Crippen molar-refractivity contribution >= 4 is 55.2 Å². The Morgan fingerprint density at radius 3 is 2.40 bits per heavy atom. The van der Waals surface area contributed by atoms with Crippen LogP contribution in [0.15, 0.2) is 53.3 Å². The van der Waals surface area contributed by atoms with Crippen LogP contribution < -0.4 is 15.6 Å². The Hall–Kier alpha value is -5.47. The van der Waals surface area contributed by atoms with Gasteiger partial charge < -0.3 is 10.2 Å². The molecule has 3 aromatic heterocycles. The van der Waals surface area contributed by atoms with Crippen LogP contribution in [0.1, 0.15) is 77.5 Å². The van der Waals surface area contributed by atoms with E-state index >= 15 is 13.6 Å². The Labute approximate surface area is 354 Å². The zero-order valence-corrected chi connectivity index (χ0v) is 34.8. The topological polar surface area (TPSA) is 149 Å². The number of rotatable bonds is 11. The van der Waals surface area contributed by atoms with E-state index in [1.54, 1.807) is 12.1 Å². The lowest BCUT2D eigenvalue weighted by atomic mass is 9.89. The lowest BCUT2D eigenvalue weighted by Crippen LogP contribution is -2.38. The number of hydrogen-bond donors (Lipinski definition) is 2. The van der Waals surface area contributed by atoms with E-state index in [2.05, 4.69) is 25.1 Å². The average Bonchev–Trinajstić information content (AvgIpc) is 3.73. The van der Waals surface area contributed by atoms with Crippen molar-refractivity contribution in [3.05, 3.63) is 109 Å². The Bertz CT molecular complexity index is 2980. The quantitative estimate of drug-likeness (QED) is 0.135. The molecule has 6 aromatic rings. The van der Waals surface area contributed by atoms with Crippen molar-refractivity contribution in [3.63, 3.8) is 0 Å². The van der Waals surface area contributed by atoms with Gasteiger partial charge in [-0.05, 0) is 98.8 Å². The lowest BCUT2D eigenvalue weighted by Gasteiger charge is -2.29. The second-order valence-electron chi connectivity index (χ2n) is 16.4. The van der Waals surface area contributed by atoms with Crippen molar-refractivity contribution < 1.29 is 39.6 Å². The summed E-state index contributed by atoms with van der Waals surface area (Å²) in [5.41, 5.74) is -1.23. The number of sulfonamides is 1. The molecule has 2 N–H and O–H groups in total. The van der Waals surface area contributed by atoms with Crippen LogP contribution in [0, 0.1) is 17.6 Å². The predicted molar refractivity (Wildman–Crippen MR) is 217 cm³/mol. The Morgan fingerprint density at radius 2 is 1.73 bits per heavy atom. The summed E-state index contributed by atoms with van der Waals surface area (Å²) in [7, 11) is -0.393. The number of likely N-dealkylation sites (tertiary alicyclic amines) is 1. The molecule has 0 unspecified atom stereocenters. The van der Waals surface area contributed by atoms with Gasteiger partial charge in [-0.3, -0.25) is 28.2 Å². The third-order valence-electron chi connectivity index (χ3n) is 12.0. The number of hydrogen-bond acceptors (Lipinski definition) is 8. The van der Waals surface area contributed by atoms with Crippen molar-refractivity contribution in [1.82, 2.24) is 39.3 Å². The third-order valence-corrected chi connectivity index (χ3v) is 12.9. The monoisotopic (exact) mass is 901 g/mol. The minimum Gasteiger partial charge on any atom is -0.344 e. The fraction of sp³-hybridized carbons (Fsp3) is 0.390. The summed E-state index contributed by atoms with van der Waals surface area (Å²) >= 11 is 6.65.